The summed E-state index contributed by atoms with van der Waals surface area (Å²) in [6, 6.07) is 0. The van der Waals surface area contributed by atoms with Crippen molar-refractivity contribution in [1.82, 2.24) is 0 Å². The summed E-state index contributed by atoms with van der Waals surface area (Å²) < 4.78 is 0. The van der Waals surface area contributed by atoms with Gasteiger partial charge in [0, 0.05) is 6.42 Å². The van der Waals surface area contributed by atoms with Gasteiger partial charge in [-0.05, 0) is 32.1 Å². The molecular formula is C15H20O3. The molecule has 0 aliphatic heterocycles. The largest absolute Gasteiger partial charge is 0.373 e. The second kappa shape index (κ2) is 5.92. The van der Waals surface area contributed by atoms with Crippen molar-refractivity contribution in [3.63, 3.8) is 0 Å². The Bertz CT molecular complexity index is 425. The van der Waals surface area contributed by atoms with E-state index in [1.807, 2.05) is 0 Å². The van der Waals surface area contributed by atoms with Gasteiger partial charge in [-0.2, -0.15) is 9.59 Å². The first-order valence-corrected chi connectivity index (χ1v) is 6.40. The zero-order valence-corrected chi connectivity index (χ0v) is 11.3. The number of Topliss-reactive ketones (excluding diaryl/α,β-unsaturated/α-hetero) is 1. The van der Waals surface area contributed by atoms with Gasteiger partial charge >= 0.3 is 6.15 Å². The lowest BCUT2D eigenvalue weighted by Crippen LogP contribution is -2.27. The summed E-state index contributed by atoms with van der Waals surface area (Å²) in [5.74, 6) is 0.969. The van der Waals surface area contributed by atoms with Crippen LogP contribution in [0, 0.1) is 11.3 Å². The number of hydrogen-bond acceptors (Lipinski definition) is 3. The zero-order valence-electron chi connectivity index (χ0n) is 11.3. The molecule has 0 fully saturated rings. The Morgan fingerprint density at radius 3 is 2.56 bits per heavy atom. The molecule has 0 spiro atoms. The van der Waals surface area contributed by atoms with Crippen LogP contribution < -0.4 is 0 Å². The maximum absolute atomic E-state index is 12.0. The van der Waals surface area contributed by atoms with Gasteiger partial charge in [-0.1, -0.05) is 37.1 Å². The summed E-state index contributed by atoms with van der Waals surface area (Å²) in [5, 5.41) is 0. The van der Waals surface area contributed by atoms with Crippen molar-refractivity contribution in [1.29, 1.82) is 0 Å². The molecule has 0 unspecified atom stereocenters. The highest BCUT2D eigenvalue weighted by Crippen LogP contribution is 2.47. The van der Waals surface area contributed by atoms with E-state index in [-0.39, 0.29) is 11.6 Å². The van der Waals surface area contributed by atoms with Gasteiger partial charge in [0.05, 0.1) is 5.41 Å². The van der Waals surface area contributed by atoms with Crippen LogP contribution in [0.3, 0.4) is 0 Å². The average molecular weight is 248 g/mol. The fourth-order valence-corrected chi connectivity index (χ4v) is 3.03. The van der Waals surface area contributed by atoms with Crippen molar-refractivity contribution < 1.29 is 14.4 Å². The summed E-state index contributed by atoms with van der Waals surface area (Å²) in [4.78, 5) is 28.3. The maximum atomic E-state index is 12.0. The molecule has 2 aliphatic carbocycles. The highest BCUT2D eigenvalue weighted by atomic mass is 16.2. The van der Waals surface area contributed by atoms with Crippen molar-refractivity contribution in [2.24, 2.45) is 11.3 Å². The van der Waals surface area contributed by atoms with Crippen LogP contribution in [0.4, 0.5) is 0 Å². The van der Waals surface area contributed by atoms with Crippen molar-refractivity contribution in [3.8, 4) is 0 Å². The first-order chi connectivity index (χ1) is 8.49. The second-order valence-corrected chi connectivity index (χ2v) is 5.23. The Labute approximate surface area is 108 Å². The van der Waals surface area contributed by atoms with Crippen LogP contribution in [0.1, 0.15) is 46.5 Å². The third-order valence-corrected chi connectivity index (χ3v) is 4.09. The molecular weight excluding hydrogens is 228 g/mol. The van der Waals surface area contributed by atoms with E-state index in [2.05, 4.69) is 32.9 Å². The van der Waals surface area contributed by atoms with E-state index in [0.29, 0.717) is 18.1 Å². The molecule has 0 aromatic rings. The smallest absolute Gasteiger partial charge is 0.298 e. The minimum absolute atomic E-state index is 0.169. The Balaban J connectivity index is 0.000000492. The number of allylic oxidation sites excluding steroid dienone is 4. The van der Waals surface area contributed by atoms with Crippen LogP contribution in [0.5, 0.6) is 0 Å². The van der Waals surface area contributed by atoms with Gasteiger partial charge in [0.25, 0.3) is 0 Å². The van der Waals surface area contributed by atoms with Crippen LogP contribution in [0.25, 0.3) is 0 Å². The Hall–Kier alpha value is -1.47. The summed E-state index contributed by atoms with van der Waals surface area (Å²) in [6.07, 6.45) is 8.59. The van der Waals surface area contributed by atoms with Gasteiger partial charge in [0.15, 0.2) is 0 Å². The lowest BCUT2D eigenvalue weighted by Gasteiger charge is -2.28. The quantitative estimate of drug-likeness (QED) is 0.670. The highest BCUT2D eigenvalue weighted by Gasteiger charge is 2.43. The Kier molecular flexibility index (Phi) is 4.80. The molecule has 0 N–H and O–H groups in total. The zero-order chi connectivity index (χ0) is 13.8. The predicted molar refractivity (Wildman–Crippen MR) is 67.6 cm³/mol. The van der Waals surface area contributed by atoms with Gasteiger partial charge in [-0.3, -0.25) is 4.79 Å². The fraction of sp³-hybridized carbons (Fsp3) is 0.600. The number of ketones is 1. The third kappa shape index (κ3) is 2.68. The topological polar surface area (TPSA) is 51.2 Å². The van der Waals surface area contributed by atoms with Crippen LogP contribution >= 0.6 is 0 Å². The lowest BCUT2D eigenvalue weighted by atomic mass is 9.74. The van der Waals surface area contributed by atoms with Crippen molar-refractivity contribution in [2.75, 3.05) is 0 Å². The standard InChI is InChI=1S/C14H20O.CO2/c1-4-11-6-5-10(2)12-7-8-13(15)14(12,3)9-11;2-1-3/h6-7,10H,4-5,8-9H2,1-3H3;/t10-,14-;/m0./s1. The number of carbonyl (C=O) groups is 1. The molecule has 0 saturated heterocycles. The van der Waals surface area contributed by atoms with Crippen molar-refractivity contribution in [3.05, 3.63) is 23.3 Å². The molecule has 0 radical (unpaired) electrons. The molecule has 0 saturated carbocycles. The predicted octanol–water partition coefficient (Wildman–Crippen LogP) is 3.07. The van der Waals surface area contributed by atoms with Crippen LogP contribution in [-0.4, -0.2) is 11.9 Å². The van der Waals surface area contributed by atoms with E-state index >= 15 is 0 Å². The Morgan fingerprint density at radius 2 is 2.00 bits per heavy atom. The number of hydrogen-bond donors (Lipinski definition) is 0. The van der Waals surface area contributed by atoms with Crippen LogP contribution in [-0.2, 0) is 14.4 Å². The summed E-state index contributed by atoms with van der Waals surface area (Å²) in [5.41, 5.74) is 2.69. The Morgan fingerprint density at radius 1 is 1.39 bits per heavy atom. The van der Waals surface area contributed by atoms with Crippen molar-refractivity contribution >= 4 is 11.9 Å². The van der Waals surface area contributed by atoms with Crippen molar-refractivity contribution in [2.45, 2.75) is 46.5 Å². The van der Waals surface area contributed by atoms with E-state index in [4.69, 9.17) is 9.59 Å². The molecule has 98 valence electrons. The van der Waals surface area contributed by atoms with E-state index in [1.165, 1.54) is 11.1 Å². The molecule has 2 rings (SSSR count). The number of carbonyl (C=O) groups excluding carboxylic acids is 3. The average Bonchev–Trinajstić information content (AvgIpc) is 2.54. The van der Waals surface area contributed by atoms with E-state index in [0.717, 1.165) is 19.3 Å². The van der Waals surface area contributed by atoms with E-state index in [1.54, 1.807) is 0 Å². The minimum atomic E-state index is -0.169. The SMILES string of the molecule is CCC1=CC[C@H](C)C2=CCC(=O)[C@@]2(C)C1.O=C=O. The third-order valence-electron chi connectivity index (χ3n) is 4.09. The molecule has 3 heteroatoms. The molecule has 0 aromatic carbocycles. The number of fused-ring (bicyclic) bond motifs is 1. The first-order valence-electron chi connectivity index (χ1n) is 6.40. The first kappa shape index (κ1) is 14.6. The molecule has 0 heterocycles. The van der Waals surface area contributed by atoms with E-state index < -0.39 is 0 Å². The lowest BCUT2D eigenvalue weighted by molar-refractivity contribution is -0.191. The minimum Gasteiger partial charge on any atom is -0.298 e. The monoisotopic (exact) mass is 248 g/mol. The molecule has 2 atom stereocenters. The van der Waals surface area contributed by atoms with Gasteiger partial charge in [-0.25, -0.2) is 0 Å². The van der Waals surface area contributed by atoms with Gasteiger partial charge in [0.2, 0.25) is 0 Å². The summed E-state index contributed by atoms with van der Waals surface area (Å²) in [7, 11) is 0. The van der Waals surface area contributed by atoms with E-state index in [9.17, 15) is 4.79 Å². The fourth-order valence-electron chi connectivity index (χ4n) is 3.03. The van der Waals surface area contributed by atoms with Gasteiger partial charge in [-0.15, -0.1) is 0 Å². The summed E-state index contributed by atoms with van der Waals surface area (Å²) >= 11 is 0. The normalized spacial score (nSPS) is 30.2. The maximum Gasteiger partial charge on any atom is 0.373 e. The molecule has 0 bridgehead atoms. The number of rotatable bonds is 1. The molecule has 0 amide bonds. The second-order valence-electron chi connectivity index (χ2n) is 5.23. The van der Waals surface area contributed by atoms with Crippen LogP contribution in [0.15, 0.2) is 23.3 Å². The summed E-state index contributed by atoms with van der Waals surface area (Å²) in [6.45, 7) is 6.57. The molecule has 18 heavy (non-hydrogen) atoms. The molecule has 0 aromatic heterocycles. The van der Waals surface area contributed by atoms with Gasteiger partial charge < -0.3 is 0 Å². The molecule has 3 nitrogen and oxygen atoms in total. The van der Waals surface area contributed by atoms with Crippen LogP contribution in [0.2, 0.25) is 0 Å². The highest BCUT2D eigenvalue weighted by molar-refractivity contribution is 5.92. The molecule has 2 aliphatic rings. The van der Waals surface area contributed by atoms with Gasteiger partial charge in [0.1, 0.15) is 5.78 Å².